The van der Waals surface area contributed by atoms with Gasteiger partial charge in [0.2, 0.25) is 10.0 Å². The number of sulfonamides is 1. The molecule has 0 saturated heterocycles. The Kier molecular flexibility index (Phi) is 4.71. The highest BCUT2D eigenvalue weighted by Crippen LogP contribution is 2.19. The van der Waals surface area contributed by atoms with Crippen LogP contribution in [-0.2, 0) is 14.8 Å². The predicted octanol–water partition coefficient (Wildman–Crippen LogP) is 1.42. The molecule has 1 aromatic rings. The first-order chi connectivity index (χ1) is 8.29. The molecule has 0 amide bonds. The van der Waals surface area contributed by atoms with Gasteiger partial charge >= 0.3 is 0 Å². The molecule has 0 bridgehead atoms. The maximum absolute atomic E-state index is 13.3. The Labute approximate surface area is 103 Å². The fourth-order valence-electron chi connectivity index (χ4n) is 1.33. The van der Waals surface area contributed by atoms with Crippen LogP contribution in [0.15, 0.2) is 17.0 Å². The normalized spacial score (nSPS) is 13.6. The van der Waals surface area contributed by atoms with Gasteiger partial charge in [-0.3, -0.25) is 0 Å². The number of halogens is 3. The molecule has 0 radical (unpaired) electrons. The van der Waals surface area contributed by atoms with E-state index in [0.29, 0.717) is 12.1 Å². The van der Waals surface area contributed by atoms with E-state index in [0.717, 1.165) is 0 Å². The highest BCUT2D eigenvalue weighted by atomic mass is 32.2. The standard InChI is InChI=1S/C10H12F3NO3S/c1-6(5-17-2)14-18(15,16)8-4-3-7(11)9(12)10(8)13/h3-4,6,14H,5H2,1-2H3. The molecule has 0 aliphatic rings. The third-order valence-electron chi connectivity index (χ3n) is 2.06. The van der Waals surface area contributed by atoms with E-state index in [-0.39, 0.29) is 6.61 Å². The maximum Gasteiger partial charge on any atom is 0.243 e. The minimum absolute atomic E-state index is 0.0600. The van der Waals surface area contributed by atoms with Gasteiger partial charge in [0, 0.05) is 13.2 Å². The summed E-state index contributed by atoms with van der Waals surface area (Å²) in [6.07, 6.45) is 0. The zero-order valence-electron chi connectivity index (χ0n) is 9.71. The van der Waals surface area contributed by atoms with Crippen molar-refractivity contribution in [2.24, 2.45) is 0 Å². The molecular formula is C10H12F3NO3S. The van der Waals surface area contributed by atoms with Gasteiger partial charge in [-0.2, -0.15) is 0 Å². The number of methoxy groups -OCH3 is 1. The van der Waals surface area contributed by atoms with Crippen LogP contribution < -0.4 is 4.72 Å². The Morgan fingerprint density at radius 2 is 1.89 bits per heavy atom. The van der Waals surface area contributed by atoms with E-state index in [4.69, 9.17) is 4.74 Å². The van der Waals surface area contributed by atoms with Gasteiger partial charge in [0.05, 0.1) is 6.61 Å². The zero-order valence-corrected chi connectivity index (χ0v) is 10.5. The minimum Gasteiger partial charge on any atom is -0.383 e. The molecular weight excluding hydrogens is 271 g/mol. The molecule has 0 aromatic heterocycles. The lowest BCUT2D eigenvalue weighted by molar-refractivity contribution is 0.180. The number of benzene rings is 1. The quantitative estimate of drug-likeness (QED) is 0.831. The van der Waals surface area contributed by atoms with Gasteiger partial charge in [0.25, 0.3) is 0 Å². The lowest BCUT2D eigenvalue weighted by atomic mass is 10.3. The molecule has 1 unspecified atom stereocenters. The Bertz CT molecular complexity index is 533. The van der Waals surface area contributed by atoms with Crippen LogP contribution in [0.25, 0.3) is 0 Å². The van der Waals surface area contributed by atoms with Crippen molar-refractivity contribution in [3.05, 3.63) is 29.6 Å². The van der Waals surface area contributed by atoms with Gasteiger partial charge in [0.1, 0.15) is 4.90 Å². The van der Waals surface area contributed by atoms with Gasteiger partial charge in [0.15, 0.2) is 17.5 Å². The van der Waals surface area contributed by atoms with Crippen molar-refractivity contribution in [3.63, 3.8) is 0 Å². The summed E-state index contributed by atoms with van der Waals surface area (Å²) in [6, 6.07) is 0.580. The molecule has 0 spiro atoms. The summed E-state index contributed by atoms with van der Waals surface area (Å²) in [4.78, 5) is -0.940. The number of hydrogen-bond acceptors (Lipinski definition) is 3. The molecule has 102 valence electrons. The van der Waals surface area contributed by atoms with Crippen molar-refractivity contribution in [2.75, 3.05) is 13.7 Å². The van der Waals surface area contributed by atoms with E-state index < -0.39 is 38.4 Å². The average Bonchev–Trinajstić information content (AvgIpc) is 2.25. The summed E-state index contributed by atoms with van der Waals surface area (Å²) in [5.74, 6) is -5.01. The van der Waals surface area contributed by atoms with E-state index in [1.165, 1.54) is 14.0 Å². The van der Waals surface area contributed by atoms with E-state index in [1.807, 2.05) is 0 Å². The van der Waals surface area contributed by atoms with Crippen LogP contribution in [0.2, 0.25) is 0 Å². The summed E-state index contributed by atoms with van der Waals surface area (Å²) >= 11 is 0. The van der Waals surface area contributed by atoms with Crippen molar-refractivity contribution in [1.29, 1.82) is 0 Å². The predicted molar refractivity (Wildman–Crippen MR) is 58.0 cm³/mol. The first-order valence-corrected chi connectivity index (χ1v) is 6.42. The van der Waals surface area contributed by atoms with Crippen molar-refractivity contribution in [1.82, 2.24) is 4.72 Å². The Hall–Kier alpha value is -1.12. The summed E-state index contributed by atoms with van der Waals surface area (Å²) < 4.78 is 69.1. The van der Waals surface area contributed by atoms with Crippen LogP contribution in [0.3, 0.4) is 0 Å². The highest BCUT2D eigenvalue weighted by Gasteiger charge is 2.25. The fraction of sp³-hybridized carbons (Fsp3) is 0.400. The molecule has 1 rings (SSSR count). The number of hydrogen-bond donors (Lipinski definition) is 1. The van der Waals surface area contributed by atoms with Crippen molar-refractivity contribution in [2.45, 2.75) is 17.9 Å². The Morgan fingerprint density at radius 1 is 1.28 bits per heavy atom. The Balaban J connectivity index is 3.10. The molecule has 8 heteroatoms. The lowest BCUT2D eigenvalue weighted by Gasteiger charge is -2.13. The first kappa shape index (κ1) is 14.9. The molecule has 1 N–H and O–H groups in total. The second kappa shape index (κ2) is 5.68. The number of rotatable bonds is 5. The minimum atomic E-state index is -4.26. The van der Waals surface area contributed by atoms with Crippen LogP contribution in [0.1, 0.15) is 6.92 Å². The van der Waals surface area contributed by atoms with Crippen molar-refractivity contribution >= 4 is 10.0 Å². The van der Waals surface area contributed by atoms with Crippen LogP contribution in [0, 0.1) is 17.5 Å². The van der Waals surface area contributed by atoms with Crippen molar-refractivity contribution < 1.29 is 26.3 Å². The monoisotopic (exact) mass is 283 g/mol. The van der Waals surface area contributed by atoms with Gasteiger partial charge in [-0.1, -0.05) is 0 Å². The summed E-state index contributed by atoms with van der Waals surface area (Å²) in [5.41, 5.74) is 0. The molecule has 0 heterocycles. The smallest absolute Gasteiger partial charge is 0.243 e. The van der Waals surface area contributed by atoms with Gasteiger partial charge in [-0.15, -0.1) is 0 Å². The van der Waals surface area contributed by atoms with Gasteiger partial charge in [-0.05, 0) is 19.1 Å². The van der Waals surface area contributed by atoms with Crippen LogP contribution in [0.5, 0.6) is 0 Å². The van der Waals surface area contributed by atoms with E-state index in [2.05, 4.69) is 4.72 Å². The third kappa shape index (κ3) is 3.21. The number of ether oxygens (including phenoxy) is 1. The summed E-state index contributed by atoms with van der Waals surface area (Å²) in [5, 5.41) is 0. The average molecular weight is 283 g/mol. The van der Waals surface area contributed by atoms with Gasteiger partial charge < -0.3 is 4.74 Å². The molecule has 1 atom stereocenters. The van der Waals surface area contributed by atoms with Gasteiger partial charge in [-0.25, -0.2) is 26.3 Å². The fourth-order valence-corrected chi connectivity index (χ4v) is 2.63. The molecule has 0 aliphatic carbocycles. The number of nitrogens with one attached hydrogen (secondary N) is 1. The SMILES string of the molecule is COCC(C)NS(=O)(=O)c1ccc(F)c(F)c1F. The summed E-state index contributed by atoms with van der Waals surface area (Å²) in [6.45, 7) is 1.55. The highest BCUT2D eigenvalue weighted by molar-refractivity contribution is 7.89. The lowest BCUT2D eigenvalue weighted by Crippen LogP contribution is -2.36. The van der Waals surface area contributed by atoms with E-state index in [9.17, 15) is 21.6 Å². The first-order valence-electron chi connectivity index (χ1n) is 4.94. The van der Waals surface area contributed by atoms with Crippen LogP contribution in [0.4, 0.5) is 13.2 Å². The van der Waals surface area contributed by atoms with E-state index in [1.54, 1.807) is 0 Å². The largest absolute Gasteiger partial charge is 0.383 e. The Morgan fingerprint density at radius 3 is 2.44 bits per heavy atom. The van der Waals surface area contributed by atoms with Crippen LogP contribution in [-0.4, -0.2) is 28.2 Å². The molecule has 0 fully saturated rings. The summed E-state index contributed by atoms with van der Waals surface area (Å²) in [7, 11) is -2.90. The topological polar surface area (TPSA) is 55.4 Å². The molecule has 0 saturated carbocycles. The van der Waals surface area contributed by atoms with Crippen LogP contribution >= 0.6 is 0 Å². The molecule has 0 aliphatic heterocycles. The second-order valence-corrected chi connectivity index (χ2v) is 5.33. The molecule has 4 nitrogen and oxygen atoms in total. The third-order valence-corrected chi connectivity index (χ3v) is 3.67. The molecule has 18 heavy (non-hydrogen) atoms. The van der Waals surface area contributed by atoms with E-state index >= 15 is 0 Å². The van der Waals surface area contributed by atoms with Crippen molar-refractivity contribution in [3.8, 4) is 0 Å². The maximum atomic E-state index is 13.3. The molecule has 1 aromatic carbocycles. The zero-order chi connectivity index (χ0) is 13.9. The second-order valence-electron chi connectivity index (χ2n) is 3.65.